The third-order valence-corrected chi connectivity index (χ3v) is 6.55. The van der Waals surface area contributed by atoms with E-state index in [0.717, 1.165) is 35.4 Å². The second-order valence-electron chi connectivity index (χ2n) is 7.25. The SMILES string of the molecule is Cc1csc2c(N3CCC(CCC(=O)O)C3)nc(-c3cc(F)c(Cl)cc3F)nc12. The molecule has 1 atom stereocenters. The van der Waals surface area contributed by atoms with Crippen LogP contribution in [0.2, 0.25) is 5.02 Å². The van der Waals surface area contributed by atoms with Gasteiger partial charge in [0.15, 0.2) is 11.6 Å². The zero-order valence-electron chi connectivity index (χ0n) is 15.6. The number of anilines is 1. The topological polar surface area (TPSA) is 66.3 Å². The van der Waals surface area contributed by atoms with Gasteiger partial charge in [0.05, 0.1) is 20.8 Å². The van der Waals surface area contributed by atoms with Crippen molar-refractivity contribution in [3.8, 4) is 11.4 Å². The van der Waals surface area contributed by atoms with Gasteiger partial charge >= 0.3 is 5.97 Å². The highest BCUT2D eigenvalue weighted by Gasteiger charge is 2.27. The van der Waals surface area contributed by atoms with Crippen LogP contribution in [-0.4, -0.2) is 34.1 Å². The van der Waals surface area contributed by atoms with Crippen LogP contribution < -0.4 is 4.90 Å². The quantitative estimate of drug-likeness (QED) is 0.549. The summed E-state index contributed by atoms with van der Waals surface area (Å²) in [5.74, 6) is -1.18. The number of nitrogens with zero attached hydrogens (tertiary/aromatic N) is 3. The van der Waals surface area contributed by atoms with Crippen LogP contribution in [0.3, 0.4) is 0 Å². The molecule has 0 saturated carbocycles. The number of aromatic nitrogens is 2. The maximum Gasteiger partial charge on any atom is 0.303 e. The standard InChI is InChI=1S/C20H18ClF2N3O2S/c1-10-9-29-18-17(10)24-19(12-6-15(23)13(21)7-14(12)22)25-20(18)26-5-4-11(8-26)2-3-16(27)28/h6-7,9,11H,2-5,8H2,1H3,(H,27,28). The van der Waals surface area contributed by atoms with Crippen molar-refractivity contribution in [1.29, 1.82) is 0 Å². The van der Waals surface area contributed by atoms with Crippen LogP contribution >= 0.6 is 22.9 Å². The lowest BCUT2D eigenvalue weighted by atomic mass is 10.0. The van der Waals surface area contributed by atoms with Crippen LogP contribution in [-0.2, 0) is 4.79 Å². The van der Waals surface area contributed by atoms with E-state index in [2.05, 4.69) is 14.9 Å². The summed E-state index contributed by atoms with van der Waals surface area (Å²) in [6, 6.07) is 1.95. The van der Waals surface area contributed by atoms with E-state index in [1.807, 2.05) is 12.3 Å². The fourth-order valence-electron chi connectivity index (χ4n) is 3.63. The van der Waals surface area contributed by atoms with Crippen LogP contribution in [0.5, 0.6) is 0 Å². The van der Waals surface area contributed by atoms with Gasteiger partial charge in [0.2, 0.25) is 0 Å². The fraction of sp³-hybridized carbons (Fsp3) is 0.350. The molecule has 3 aromatic rings. The van der Waals surface area contributed by atoms with Crippen LogP contribution in [0.4, 0.5) is 14.6 Å². The van der Waals surface area contributed by atoms with Crippen molar-refractivity contribution in [2.45, 2.75) is 26.2 Å². The molecule has 0 amide bonds. The number of carboxylic acid groups (broad SMARTS) is 1. The van der Waals surface area contributed by atoms with Gasteiger partial charge in [-0.25, -0.2) is 18.7 Å². The monoisotopic (exact) mass is 437 g/mol. The molecular formula is C20H18ClF2N3O2S. The minimum atomic E-state index is -0.802. The first-order valence-corrected chi connectivity index (χ1v) is 10.5. The molecule has 1 saturated heterocycles. The van der Waals surface area contributed by atoms with Crippen molar-refractivity contribution in [2.75, 3.05) is 18.0 Å². The van der Waals surface area contributed by atoms with Crippen molar-refractivity contribution in [1.82, 2.24) is 9.97 Å². The number of aliphatic carboxylic acids is 1. The van der Waals surface area contributed by atoms with Crippen molar-refractivity contribution in [3.63, 3.8) is 0 Å². The number of carboxylic acids is 1. The van der Waals surface area contributed by atoms with E-state index in [1.54, 1.807) is 0 Å². The molecule has 0 radical (unpaired) electrons. The van der Waals surface area contributed by atoms with Gasteiger partial charge in [-0.15, -0.1) is 11.3 Å². The summed E-state index contributed by atoms with van der Waals surface area (Å²) in [6.07, 6.45) is 1.60. The molecule has 1 unspecified atom stereocenters. The number of hydrogen-bond donors (Lipinski definition) is 1. The normalized spacial score (nSPS) is 16.7. The summed E-state index contributed by atoms with van der Waals surface area (Å²) in [4.78, 5) is 22.0. The Morgan fingerprint density at radius 1 is 1.34 bits per heavy atom. The second kappa shape index (κ2) is 7.84. The molecule has 0 bridgehead atoms. The lowest BCUT2D eigenvalue weighted by Crippen LogP contribution is -2.21. The van der Waals surface area contributed by atoms with E-state index in [9.17, 15) is 13.6 Å². The van der Waals surface area contributed by atoms with Gasteiger partial charge in [-0.3, -0.25) is 4.79 Å². The minimum Gasteiger partial charge on any atom is -0.481 e. The van der Waals surface area contributed by atoms with E-state index in [1.165, 1.54) is 11.3 Å². The Morgan fingerprint density at radius 2 is 2.14 bits per heavy atom. The van der Waals surface area contributed by atoms with E-state index in [-0.39, 0.29) is 28.7 Å². The first-order valence-electron chi connectivity index (χ1n) is 9.21. The summed E-state index contributed by atoms with van der Waals surface area (Å²) in [7, 11) is 0. The predicted molar refractivity (Wildman–Crippen MR) is 110 cm³/mol. The zero-order valence-corrected chi connectivity index (χ0v) is 17.2. The summed E-state index contributed by atoms with van der Waals surface area (Å²) < 4.78 is 29.4. The molecule has 29 heavy (non-hydrogen) atoms. The molecule has 0 aliphatic carbocycles. The first kappa shape index (κ1) is 20.0. The highest BCUT2D eigenvalue weighted by molar-refractivity contribution is 7.18. The molecule has 9 heteroatoms. The molecule has 1 fully saturated rings. The summed E-state index contributed by atoms with van der Waals surface area (Å²) in [6.45, 7) is 3.31. The maximum atomic E-state index is 14.5. The number of benzene rings is 1. The number of thiophene rings is 1. The molecule has 2 aromatic heterocycles. The van der Waals surface area contributed by atoms with Gasteiger partial charge < -0.3 is 10.0 Å². The van der Waals surface area contributed by atoms with Crippen molar-refractivity contribution in [2.24, 2.45) is 5.92 Å². The van der Waals surface area contributed by atoms with Crippen molar-refractivity contribution >= 4 is 44.9 Å². The Bertz CT molecular complexity index is 1110. The number of carbonyl (C=O) groups is 1. The third-order valence-electron chi connectivity index (χ3n) is 5.18. The van der Waals surface area contributed by atoms with E-state index < -0.39 is 17.6 Å². The summed E-state index contributed by atoms with van der Waals surface area (Å²) in [5, 5.41) is 10.6. The van der Waals surface area contributed by atoms with Gasteiger partial charge in [-0.1, -0.05) is 11.6 Å². The third kappa shape index (κ3) is 3.91. The Kier molecular flexibility index (Phi) is 5.40. The largest absolute Gasteiger partial charge is 0.481 e. The zero-order chi connectivity index (χ0) is 20.7. The highest BCUT2D eigenvalue weighted by Crippen LogP contribution is 2.37. The number of aryl methyl sites for hydroxylation is 1. The maximum absolute atomic E-state index is 14.5. The minimum absolute atomic E-state index is 0.0396. The highest BCUT2D eigenvalue weighted by atomic mass is 35.5. The Labute approximate surface area is 175 Å². The number of halogens is 3. The van der Waals surface area contributed by atoms with E-state index in [4.69, 9.17) is 16.7 Å². The Morgan fingerprint density at radius 3 is 2.90 bits per heavy atom. The predicted octanol–water partition coefficient (Wildman–Crippen LogP) is 5.29. The first-order chi connectivity index (χ1) is 13.8. The molecule has 3 heterocycles. The molecular weight excluding hydrogens is 420 g/mol. The van der Waals surface area contributed by atoms with Gasteiger partial charge in [-0.05, 0) is 48.8 Å². The van der Waals surface area contributed by atoms with Gasteiger partial charge in [0.25, 0.3) is 0 Å². The van der Waals surface area contributed by atoms with Crippen LogP contribution in [0.15, 0.2) is 17.5 Å². The number of fused-ring (bicyclic) bond motifs is 1. The number of hydrogen-bond acceptors (Lipinski definition) is 5. The molecule has 0 spiro atoms. The Balaban J connectivity index is 1.75. The van der Waals surface area contributed by atoms with Crippen LogP contribution in [0, 0.1) is 24.5 Å². The molecule has 4 rings (SSSR count). The number of rotatable bonds is 5. The Hall–Kier alpha value is -2.32. The smallest absolute Gasteiger partial charge is 0.303 e. The van der Waals surface area contributed by atoms with Crippen LogP contribution in [0.1, 0.15) is 24.8 Å². The lowest BCUT2D eigenvalue weighted by molar-refractivity contribution is -0.137. The van der Waals surface area contributed by atoms with E-state index in [0.29, 0.717) is 24.3 Å². The second-order valence-corrected chi connectivity index (χ2v) is 8.53. The molecule has 1 N–H and O–H groups in total. The van der Waals surface area contributed by atoms with Crippen molar-refractivity contribution < 1.29 is 18.7 Å². The van der Waals surface area contributed by atoms with Crippen molar-refractivity contribution in [3.05, 3.63) is 39.7 Å². The lowest BCUT2D eigenvalue weighted by Gasteiger charge is -2.19. The van der Waals surface area contributed by atoms with Gasteiger partial charge in [0, 0.05) is 19.5 Å². The molecule has 5 nitrogen and oxygen atoms in total. The van der Waals surface area contributed by atoms with E-state index >= 15 is 0 Å². The molecule has 1 aliphatic rings. The molecule has 1 aliphatic heterocycles. The average Bonchev–Trinajstić information content (AvgIpc) is 3.29. The average molecular weight is 438 g/mol. The fourth-order valence-corrected chi connectivity index (χ4v) is 4.79. The molecule has 152 valence electrons. The summed E-state index contributed by atoms with van der Waals surface area (Å²) >= 11 is 7.19. The summed E-state index contributed by atoms with van der Waals surface area (Å²) in [5.41, 5.74) is 1.60. The molecule has 1 aromatic carbocycles. The van der Waals surface area contributed by atoms with Gasteiger partial charge in [0.1, 0.15) is 11.6 Å². The van der Waals surface area contributed by atoms with Crippen LogP contribution in [0.25, 0.3) is 21.6 Å². The van der Waals surface area contributed by atoms with Gasteiger partial charge in [-0.2, -0.15) is 0 Å².